The van der Waals surface area contributed by atoms with Crippen molar-refractivity contribution in [3.8, 4) is 11.8 Å². The van der Waals surface area contributed by atoms with Crippen LogP contribution >= 0.6 is 11.3 Å². The Morgan fingerprint density at radius 3 is 2.62 bits per heavy atom. The molecule has 0 bridgehead atoms. The Kier molecular flexibility index (Phi) is 6.16. The summed E-state index contributed by atoms with van der Waals surface area (Å²) in [5, 5.41) is 5.02. The minimum atomic E-state index is -0.170. The second-order valence-corrected chi connectivity index (χ2v) is 8.51. The molecule has 2 aliphatic heterocycles. The number of carbonyl (C=O) groups excluding carboxylic acids is 2. The second-order valence-electron chi connectivity index (χ2n) is 7.56. The van der Waals surface area contributed by atoms with Crippen LogP contribution in [0.1, 0.15) is 36.1 Å². The van der Waals surface area contributed by atoms with Gasteiger partial charge in [0.2, 0.25) is 5.91 Å². The molecule has 1 atom stereocenters. The van der Waals surface area contributed by atoms with E-state index in [0.29, 0.717) is 6.54 Å². The lowest BCUT2D eigenvalue weighted by molar-refractivity contribution is -0.121. The molecule has 2 aliphatic rings. The molecule has 150 valence electrons. The summed E-state index contributed by atoms with van der Waals surface area (Å²) in [7, 11) is 0. The summed E-state index contributed by atoms with van der Waals surface area (Å²) in [6.45, 7) is 2.92. The summed E-state index contributed by atoms with van der Waals surface area (Å²) < 4.78 is 0. The number of nitrogens with zero attached hydrogens (tertiary/aromatic N) is 2. The van der Waals surface area contributed by atoms with Crippen molar-refractivity contribution in [1.29, 1.82) is 0 Å². The maximum atomic E-state index is 12.8. The molecule has 2 saturated heterocycles. The van der Waals surface area contributed by atoms with Crippen LogP contribution in [0.4, 0.5) is 10.5 Å². The van der Waals surface area contributed by atoms with Gasteiger partial charge in [0.25, 0.3) is 0 Å². The molecular weight excluding hydrogens is 382 g/mol. The summed E-state index contributed by atoms with van der Waals surface area (Å²) in [4.78, 5) is 30.2. The average molecular weight is 408 g/mol. The number of nitrogens with one attached hydrogen (secondary N) is 1. The maximum absolute atomic E-state index is 12.8. The average Bonchev–Trinajstić information content (AvgIpc) is 3.46. The van der Waals surface area contributed by atoms with Gasteiger partial charge >= 0.3 is 6.03 Å². The van der Waals surface area contributed by atoms with Crippen LogP contribution in [0.3, 0.4) is 0 Å². The zero-order valence-electron chi connectivity index (χ0n) is 16.4. The number of amides is 3. The Morgan fingerprint density at radius 1 is 1.00 bits per heavy atom. The fourth-order valence-electron chi connectivity index (χ4n) is 3.88. The molecular formula is C23H25N3O2S. The van der Waals surface area contributed by atoms with Gasteiger partial charge in [-0.05, 0) is 55.3 Å². The van der Waals surface area contributed by atoms with Gasteiger partial charge in [-0.15, -0.1) is 11.3 Å². The molecule has 3 amide bonds. The van der Waals surface area contributed by atoms with Crippen LogP contribution in [0.2, 0.25) is 0 Å². The SMILES string of the molecule is O=C(Nc1cccc(C#Cc2cccs2)c1)C1CCCN(C(=O)N2CCCC2)C1. The molecule has 6 heteroatoms. The van der Waals surface area contributed by atoms with E-state index in [-0.39, 0.29) is 17.9 Å². The normalized spacial score (nSPS) is 18.8. The zero-order valence-corrected chi connectivity index (χ0v) is 17.2. The van der Waals surface area contributed by atoms with E-state index in [0.717, 1.165) is 61.4 Å². The van der Waals surface area contributed by atoms with Crippen molar-refractivity contribution in [1.82, 2.24) is 9.80 Å². The van der Waals surface area contributed by atoms with Crippen LogP contribution in [0, 0.1) is 17.8 Å². The van der Waals surface area contributed by atoms with Crippen molar-refractivity contribution < 1.29 is 9.59 Å². The third-order valence-corrected chi connectivity index (χ3v) is 6.21. The quantitative estimate of drug-likeness (QED) is 0.765. The van der Waals surface area contributed by atoms with E-state index in [2.05, 4.69) is 17.2 Å². The molecule has 0 aliphatic carbocycles. The third kappa shape index (κ3) is 4.99. The lowest BCUT2D eigenvalue weighted by Gasteiger charge is -2.34. The van der Waals surface area contributed by atoms with Crippen LogP contribution < -0.4 is 5.32 Å². The number of rotatable bonds is 2. The molecule has 1 unspecified atom stereocenters. The van der Waals surface area contributed by atoms with Crippen LogP contribution in [0.25, 0.3) is 0 Å². The molecule has 0 saturated carbocycles. The highest BCUT2D eigenvalue weighted by atomic mass is 32.1. The Balaban J connectivity index is 1.37. The highest BCUT2D eigenvalue weighted by molar-refractivity contribution is 7.10. The predicted molar refractivity (Wildman–Crippen MR) is 116 cm³/mol. The van der Waals surface area contributed by atoms with Gasteiger partial charge < -0.3 is 15.1 Å². The number of thiophene rings is 1. The first kappa shape index (κ1) is 19.5. The minimum absolute atomic E-state index is 0.0210. The van der Waals surface area contributed by atoms with Gasteiger partial charge in [-0.1, -0.05) is 24.0 Å². The van der Waals surface area contributed by atoms with E-state index in [1.807, 2.05) is 51.6 Å². The van der Waals surface area contributed by atoms with Gasteiger partial charge in [0.15, 0.2) is 0 Å². The molecule has 5 nitrogen and oxygen atoms in total. The maximum Gasteiger partial charge on any atom is 0.320 e. The number of likely N-dealkylation sites (tertiary alicyclic amines) is 2. The van der Waals surface area contributed by atoms with Crippen molar-refractivity contribution in [2.75, 3.05) is 31.5 Å². The molecule has 1 aromatic carbocycles. The number of hydrogen-bond acceptors (Lipinski definition) is 3. The Morgan fingerprint density at radius 2 is 1.83 bits per heavy atom. The third-order valence-electron chi connectivity index (χ3n) is 5.42. The molecule has 1 N–H and O–H groups in total. The van der Waals surface area contributed by atoms with Crippen molar-refractivity contribution in [2.24, 2.45) is 5.92 Å². The number of urea groups is 1. The van der Waals surface area contributed by atoms with E-state index in [1.54, 1.807) is 11.3 Å². The second kappa shape index (κ2) is 9.15. The van der Waals surface area contributed by atoms with Crippen molar-refractivity contribution in [2.45, 2.75) is 25.7 Å². The standard InChI is InChI=1S/C23H25N3O2S/c27-22(19-7-4-14-26(17-19)23(28)25-12-1-2-13-25)24-20-8-3-6-18(16-20)10-11-21-9-5-15-29-21/h3,5-6,8-9,15-16,19H,1-2,4,7,12-14,17H2,(H,24,27). The van der Waals surface area contributed by atoms with E-state index in [1.165, 1.54) is 0 Å². The fourth-order valence-corrected chi connectivity index (χ4v) is 4.45. The van der Waals surface area contributed by atoms with Crippen LogP contribution in [0.5, 0.6) is 0 Å². The number of anilines is 1. The molecule has 0 radical (unpaired) electrons. The summed E-state index contributed by atoms with van der Waals surface area (Å²) >= 11 is 1.61. The van der Waals surface area contributed by atoms with Gasteiger partial charge in [0.05, 0.1) is 10.8 Å². The van der Waals surface area contributed by atoms with Gasteiger partial charge in [-0.25, -0.2) is 4.79 Å². The monoisotopic (exact) mass is 407 g/mol. The first-order chi connectivity index (χ1) is 14.2. The highest BCUT2D eigenvalue weighted by Gasteiger charge is 2.31. The molecule has 29 heavy (non-hydrogen) atoms. The summed E-state index contributed by atoms with van der Waals surface area (Å²) in [6, 6.07) is 11.7. The van der Waals surface area contributed by atoms with Crippen LogP contribution in [0.15, 0.2) is 41.8 Å². The first-order valence-corrected chi connectivity index (χ1v) is 11.1. The Hall–Kier alpha value is -2.78. The first-order valence-electron chi connectivity index (χ1n) is 10.2. The number of piperidine rings is 1. The lowest BCUT2D eigenvalue weighted by atomic mass is 9.97. The molecule has 2 fully saturated rings. The molecule has 4 rings (SSSR count). The van der Waals surface area contributed by atoms with Crippen LogP contribution in [-0.2, 0) is 4.79 Å². The van der Waals surface area contributed by atoms with Gasteiger partial charge in [-0.3, -0.25) is 4.79 Å². The van der Waals surface area contributed by atoms with E-state index >= 15 is 0 Å². The van der Waals surface area contributed by atoms with Gasteiger partial charge in [-0.2, -0.15) is 0 Å². The van der Waals surface area contributed by atoms with Crippen molar-refractivity contribution in [3.05, 3.63) is 52.2 Å². The minimum Gasteiger partial charge on any atom is -0.326 e. The highest BCUT2D eigenvalue weighted by Crippen LogP contribution is 2.21. The largest absolute Gasteiger partial charge is 0.326 e. The number of carbonyl (C=O) groups is 2. The molecule has 2 aromatic rings. The van der Waals surface area contributed by atoms with Crippen molar-refractivity contribution >= 4 is 29.0 Å². The zero-order chi connectivity index (χ0) is 20.1. The Labute approximate surface area is 175 Å². The summed E-state index contributed by atoms with van der Waals surface area (Å²) in [6.07, 6.45) is 3.84. The summed E-state index contributed by atoms with van der Waals surface area (Å²) in [5.41, 5.74) is 1.61. The summed E-state index contributed by atoms with van der Waals surface area (Å²) in [5.74, 6) is 6.09. The molecule has 0 spiro atoms. The molecule has 3 heterocycles. The predicted octanol–water partition coefficient (Wildman–Crippen LogP) is 4.01. The van der Waals surface area contributed by atoms with Crippen LogP contribution in [-0.4, -0.2) is 47.9 Å². The van der Waals surface area contributed by atoms with E-state index in [4.69, 9.17) is 0 Å². The van der Waals surface area contributed by atoms with E-state index in [9.17, 15) is 9.59 Å². The topological polar surface area (TPSA) is 52.7 Å². The van der Waals surface area contributed by atoms with Crippen molar-refractivity contribution in [3.63, 3.8) is 0 Å². The Bertz CT molecular complexity index is 923. The van der Waals surface area contributed by atoms with Gasteiger partial charge in [0.1, 0.15) is 0 Å². The number of hydrogen-bond donors (Lipinski definition) is 1. The molecule has 1 aromatic heterocycles. The smallest absolute Gasteiger partial charge is 0.320 e. The lowest BCUT2D eigenvalue weighted by Crippen LogP contribution is -2.48. The fraction of sp³-hybridized carbons (Fsp3) is 0.391. The van der Waals surface area contributed by atoms with E-state index < -0.39 is 0 Å². The van der Waals surface area contributed by atoms with Gasteiger partial charge in [0, 0.05) is 37.4 Å². The number of benzene rings is 1.